The Morgan fingerprint density at radius 3 is 2.72 bits per heavy atom. The fourth-order valence-electron chi connectivity index (χ4n) is 1.46. The van der Waals surface area contributed by atoms with Crippen LogP contribution in [0.3, 0.4) is 0 Å². The first-order valence-electron chi connectivity index (χ1n) is 5.43. The van der Waals surface area contributed by atoms with Crippen LogP contribution in [0.25, 0.3) is 0 Å². The quantitative estimate of drug-likeness (QED) is 0.788. The van der Waals surface area contributed by atoms with E-state index in [1.165, 1.54) is 4.90 Å². The van der Waals surface area contributed by atoms with Gasteiger partial charge in [-0.2, -0.15) is 5.26 Å². The third kappa shape index (κ3) is 3.25. The van der Waals surface area contributed by atoms with Crippen molar-refractivity contribution in [2.24, 2.45) is 0 Å². The molecule has 0 spiro atoms. The van der Waals surface area contributed by atoms with Gasteiger partial charge in [0.2, 0.25) is 0 Å². The van der Waals surface area contributed by atoms with E-state index in [0.29, 0.717) is 5.69 Å². The number of ether oxygens (including phenoxy) is 1. The minimum Gasteiger partial charge on any atom is -0.497 e. The van der Waals surface area contributed by atoms with Crippen LogP contribution >= 0.6 is 11.8 Å². The summed E-state index contributed by atoms with van der Waals surface area (Å²) in [6.45, 7) is 0. The van der Waals surface area contributed by atoms with Gasteiger partial charge in [0.15, 0.2) is 0 Å². The Bertz CT molecular complexity index is 561. The molecule has 90 valence electrons. The van der Waals surface area contributed by atoms with Crippen molar-refractivity contribution < 1.29 is 4.74 Å². The van der Waals surface area contributed by atoms with Gasteiger partial charge in [-0.1, -0.05) is 0 Å². The van der Waals surface area contributed by atoms with Crippen LogP contribution in [0, 0.1) is 11.3 Å². The monoisotopic (exact) mass is 256 g/mol. The molecule has 0 atom stereocenters. The predicted molar refractivity (Wildman–Crippen MR) is 71.5 cm³/mol. The highest BCUT2D eigenvalue weighted by molar-refractivity contribution is 7.98. The van der Waals surface area contributed by atoms with E-state index >= 15 is 0 Å². The van der Waals surface area contributed by atoms with E-state index < -0.39 is 0 Å². The number of aromatic nitrogens is 1. The Balaban J connectivity index is 2.00. The van der Waals surface area contributed by atoms with Crippen LogP contribution in [-0.2, 0) is 5.75 Å². The van der Waals surface area contributed by atoms with E-state index in [2.05, 4.69) is 4.98 Å². The number of hydrogen-bond acceptors (Lipinski definition) is 4. The van der Waals surface area contributed by atoms with Gasteiger partial charge in [0.1, 0.15) is 17.5 Å². The molecule has 2 aromatic rings. The number of benzene rings is 1. The predicted octanol–water partition coefficient (Wildman–Crippen LogP) is 3.25. The van der Waals surface area contributed by atoms with Crippen LogP contribution in [-0.4, -0.2) is 12.1 Å². The van der Waals surface area contributed by atoms with Crippen LogP contribution in [0.5, 0.6) is 5.75 Å². The number of methoxy groups -OCH3 is 1. The summed E-state index contributed by atoms with van der Waals surface area (Å²) in [5.41, 5.74) is 1.56. The summed E-state index contributed by atoms with van der Waals surface area (Å²) in [6.07, 6.45) is 1.67. The van der Waals surface area contributed by atoms with E-state index in [0.717, 1.165) is 17.1 Å². The average Bonchev–Trinajstić information content (AvgIpc) is 2.46. The molecule has 18 heavy (non-hydrogen) atoms. The molecule has 3 nitrogen and oxygen atoms in total. The first kappa shape index (κ1) is 12.5. The molecule has 0 aliphatic carbocycles. The molecule has 0 aliphatic rings. The van der Waals surface area contributed by atoms with Crippen molar-refractivity contribution in [3.63, 3.8) is 0 Å². The Hall–Kier alpha value is -1.99. The highest BCUT2D eigenvalue weighted by Gasteiger charge is 1.99. The van der Waals surface area contributed by atoms with Gasteiger partial charge < -0.3 is 4.74 Å². The molecule has 0 saturated carbocycles. The second kappa shape index (κ2) is 6.08. The maximum atomic E-state index is 8.77. The topological polar surface area (TPSA) is 45.9 Å². The number of nitrogens with zero attached hydrogens (tertiary/aromatic N) is 2. The van der Waals surface area contributed by atoms with Crippen LogP contribution in [0.2, 0.25) is 0 Å². The van der Waals surface area contributed by atoms with Crippen molar-refractivity contribution in [2.75, 3.05) is 7.11 Å². The van der Waals surface area contributed by atoms with Crippen molar-refractivity contribution in [3.8, 4) is 11.8 Å². The van der Waals surface area contributed by atoms with E-state index in [1.807, 2.05) is 42.5 Å². The standard InChI is InChI=1S/C14H12N2OS/c1-17-13-2-4-14(5-3-13)18-10-11-6-7-16-12(8-11)9-15/h2-8H,10H2,1H3. The number of hydrogen-bond donors (Lipinski definition) is 0. The lowest BCUT2D eigenvalue weighted by Gasteiger charge is -2.03. The molecule has 0 radical (unpaired) electrons. The largest absolute Gasteiger partial charge is 0.497 e. The number of pyridine rings is 1. The smallest absolute Gasteiger partial charge is 0.140 e. The Kier molecular flexibility index (Phi) is 4.21. The third-order valence-electron chi connectivity index (χ3n) is 2.40. The molecule has 0 aliphatic heterocycles. The third-order valence-corrected chi connectivity index (χ3v) is 3.49. The molecular formula is C14H12N2OS. The Labute approximate surface area is 110 Å². The van der Waals surface area contributed by atoms with Crippen LogP contribution in [0.15, 0.2) is 47.5 Å². The van der Waals surface area contributed by atoms with Crippen molar-refractivity contribution in [3.05, 3.63) is 53.9 Å². The van der Waals surface area contributed by atoms with Gasteiger partial charge in [0.25, 0.3) is 0 Å². The summed E-state index contributed by atoms with van der Waals surface area (Å²) in [4.78, 5) is 5.12. The zero-order chi connectivity index (χ0) is 12.8. The van der Waals surface area contributed by atoms with Gasteiger partial charge in [-0.25, -0.2) is 4.98 Å². The molecule has 0 N–H and O–H groups in total. The fourth-order valence-corrected chi connectivity index (χ4v) is 2.31. The van der Waals surface area contributed by atoms with Crippen LogP contribution in [0.4, 0.5) is 0 Å². The number of thioether (sulfide) groups is 1. The molecule has 1 aromatic carbocycles. The molecule has 1 heterocycles. The minimum absolute atomic E-state index is 0.461. The first-order chi connectivity index (χ1) is 8.81. The Morgan fingerprint density at radius 2 is 2.06 bits per heavy atom. The molecule has 4 heteroatoms. The molecule has 0 saturated heterocycles. The molecule has 0 bridgehead atoms. The summed E-state index contributed by atoms with van der Waals surface area (Å²) in [6, 6.07) is 13.7. The van der Waals surface area contributed by atoms with Gasteiger partial charge in [0.05, 0.1) is 7.11 Å². The van der Waals surface area contributed by atoms with E-state index in [-0.39, 0.29) is 0 Å². The SMILES string of the molecule is COc1ccc(SCc2ccnc(C#N)c2)cc1. The maximum Gasteiger partial charge on any atom is 0.140 e. The Morgan fingerprint density at radius 1 is 1.28 bits per heavy atom. The van der Waals surface area contributed by atoms with Gasteiger partial charge in [0, 0.05) is 16.8 Å². The zero-order valence-electron chi connectivity index (χ0n) is 9.96. The van der Waals surface area contributed by atoms with Crippen LogP contribution < -0.4 is 4.74 Å². The van der Waals surface area contributed by atoms with Gasteiger partial charge >= 0.3 is 0 Å². The molecule has 0 fully saturated rings. The minimum atomic E-state index is 0.461. The maximum absolute atomic E-state index is 8.77. The first-order valence-corrected chi connectivity index (χ1v) is 6.42. The van der Waals surface area contributed by atoms with Gasteiger partial charge in [-0.05, 0) is 42.0 Å². The lowest BCUT2D eigenvalue weighted by atomic mass is 10.2. The molecule has 0 amide bonds. The van der Waals surface area contributed by atoms with Gasteiger partial charge in [-0.15, -0.1) is 11.8 Å². The number of rotatable bonds is 4. The second-order valence-electron chi connectivity index (χ2n) is 3.63. The average molecular weight is 256 g/mol. The van der Waals surface area contributed by atoms with E-state index in [4.69, 9.17) is 10.00 Å². The summed E-state index contributed by atoms with van der Waals surface area (Å²) < 4.78 is 5.11. The normalized spacial score (nSPS) is 9.78. The number of nitriles is 1. The lowest BCUT2D eigenvalue weighted by molar-refractivity contribution is 0.414. The summed E-state index contributed by atoms with van der Waals surface area (Å²) in [5, 5.41) is 8.77. The second-order valence-corrected chi connectivity index (χ2v) is 4.67. The van der Waals surface area contributed by atoms with Crippen molar-refractivity contribution in [2.45, 2.75) is 10.6 Å². The van der Waals surface area contributed by atoms with E-state index in [1.54, 1.807) is 25.1 Å². The molecular weight excluding hydrogens is 244 g/mol. The molecule has 1 aromatic heterocycles. The van der Waals surface area contributed by atoms with Crippen molar-refractivity contribution >= 4 is 11.8 Å². The lowest BCUT2D eigenvalue weighted by Crippen LogP contribution is -1.86. The highest BCUT2D eigenvalue weighted by Crippen LogP contribution is 2.24. The van der Waals surface area contributed by atoms with E-state index in [9.17, 15) is 0 Å². The van der Waals surface area contributed by atoms with Crippen molar-refractivity contribution in [1.82, 2.24) is 4.98 Å². The summed E-state index contributed by atoms with van der Waals surface area (Å²) in [7, 11) is 1.66. The highest BCUT2D eigenvalue weighted by atomic mass is 32.2. The van der Waals surface area contributed by atoms with Crippen LogP contribution in [0.1, 0.15) is 11.3 Å². The molecule has 0 unspecified atom stereocenters. The fraction of sp³-hybridized carbons (Fsp3) is 0.143. The molecule has 2 rings (SSSR count). The summed E-state index contributed by atoms with van der Waals surface area (Å²) >= 11 is 1.72. The zero-order valence-corrected chi connectivity index (χ0v) is 10.8. The summed E-state index contributed by atoms with van der Waals surface area (Å²) in [5.74, 6) is 1.68. The van der Waals surface area contributed by atoms with Crippen molar-refractivity contribution in [1.29, 1.82) is 5.26 Å². The van der Waals surface area contributed by atoms with Gasteiger partial charge in [-0.3, -0.25) is 0 Å².